The normalized spacial score (nSPS) is 11.3. The van der Waals surface area contributed by atoms with Gasteiger partial charge in [0, 0.05) is 29.5 Å². The van der Waals surface area contributed by atoms with Crippen molar-refractivity contribution >= 4 is 29.6 Å². The van der Waals surface area contributed by atoms with E-state index >= 15 is 0 Å². The highest BCUT2D eigenvalue weighted by atomic mass is 35.5. The van der Waals surface area contributed by atoms with E-state index in [-0.39, 0.29) is 12.1 Å². The number of benzene rings is 1. The predicted octanol–water partition coefficient (Wildman–Crippen LogP) is 4.18. The number of carbonyl (C=O) groups excluding carboxylic acids is 2. The molecule has 0 spiro atoms. The number of ether oxygens (including phenoxy) is 1. The van der Waals surface area contributed by atoms with Crippen molar-refractivity contribution in [2.45, 2.75) is 40.8 Å². The maximum Gasteiger partial charge on any atom is 0.349 e. The van der Waals surface area contributed by atoms with Gasteiger partial charge in [-0.3, -0.25) is 4.79 Å². The molecule has 7 heteroatoms. The number of nitrogens with zero attached hydrogens (tertiary/aromatic N) is 2. The number of esters is 1. The monoisotopic (exact) mass is 427 g/mol. The first-order valence-electron chi connectivity index (χ1n) is 9.68. The van der Waals surface area contributed by atoms with Crippen molar-refractivity contribution in [3.8, 4) is 6.07 Å². The van der Waals surface area contributed by atoms with Crippen LogP contribution in [0.15, 0.2) is 35.9 Å². The molecule has 2 aromatic rings. The molecule has 2 rings (SSSR count). The molecule has 1 N–H and O–H groups in total. The molecular formula is C23H26ClN3O3. The zero-order valence-corrected chi connectivity index (χ0v) is 18.4. The van der Waals surface area contributed by atoms with Crippen molar-refractivity contribution in [1.29, 1.82) is 5.26 Å². The van der Waals surface area contributed by atoms with Gasteiger partial charge in [0.1, 0.15) is 11.6 Å². The first kappa shape index (κ1) is 23.2. The molecule has 0 aliphatic carbocycles. The second-order valence-corrected chi connectivity index (χ2v) is 7.92. The maximum atomic E-state index is 12.3. The summed E-state index contributed by atoms with van der Waals surface area (Å²) in [6.07, 6.45) is 1.51. The van der Waals surface area contributed by atoms with Gasteiger partial charge in [-0.2, -0.15) is 5.26 Å². The average Bonchev–Trinajstić information content (AvgIpc) is 2.95. The Kier molecular flexibility index (Phi) is 8.25. The molecule has 30 heavy (non-hydrogen) atoms. The molecule has 0 fully saturated rings. The second-order valence-electron chi connectivity index (χ2n) is 7.48. The number of carbonyl (C=O) groups is 2. The van der Waals surface area contributed by atoms with Gasteiger partial charge in [0.05, 0.1) is 0 Å². The lowest BCUT2D eigenvalue weighted by molar-refractivity contribution is -0.144. The van der Waals surface area contributed by atoms with Crippen LogP contribution in [0.5, 0.6) is 0 Å². The third-order valence-electron chi connectivity index (χ3n) is 4.51. The number of nitrogens with one attached hydrogen (secondary N) is 1. The summed E-state index contributed by atoms with van der Waals surface area (Å²) in [6, 6.07) is 10.9. The van der Waals surface area contributed by atoms with E-state index in [1.807, 2.05) is 32.0 Å². The Labute approximate surface area is 182 Å². The summed E-state index contributed by atoms with van der Waals surface area (Å²) in [6.45, 7) is 8.84. The molecule has 0 unspecified atom stereocenters. The lowest BCUT2D eigenvalue weighted by Crippen LogP contribution is -2.28. The number of rotatable bonds is 8. The van der Waals surface area contributed by atoms with E-state index in [0.717, 1.165) is 29.1 Å². The van der Waals surface area contributed by atoms with E-state index in [1.165, 1.54) is 6.08 Å². The Morgan fingerprint density at radius 3 is 2.67 bits per heavy atom. The minimum absolute atomic E-state index is 0.151. The first-order chi connectivity index (χ1) is 14.2. The number of aryl methyl sites for hydroxylation is 1. The Hall–Kier alpha value is -3.04. The third kappa shape index (κ3) is 6.50. The molecule has 0 aliphatic heterocycles. The number of hydrogen-bond acceptors (Lipinski definition) is 4. The van der Waals surface area contributed by atoms with Crippen LogP contribution < -0.4 is 5.32 Å². The highest BCUT2D eigenvalue weighted by molar-refractivity contribution is 6.30. The average molecular weight is 428 g/mol. The molecule has 0 radical (unpaired) electrons. The fourth-order valence-corrected chi connectivity index (χ4v) is 3.23. The zero-order chi connectivity index (χ0) is 22.3. The topological polar surface area (TPSA) is 84.1 Å². The SMILES string of the molecule is Cc1cc(/C=C(\C#N)C(=O)OCC(=O)NCc2cccc(Cl)c2)c(C)n1CC(C)C. The number of nitriles is 1. The summed E-state index contributed by atoms with van der Waals surface area (Å²) in [5, 5.41) is 12.6. The van der Waals surface area contributed by atoms with Crippen LogP contribution in [0, 0.1) is 31.1 Å². The molecule has 1 aromatic carbocycles. The van der Waals surface area contributed by atoms with Crippen LogP contribution in [0.4, 0.5) is 0 Å². The number of halogens is 1. The standard InChI is InChI=1S/C23H26ClN3O3/c1-15(2)13-27-16(3)8-19(17(27)4)10-20(11-25)23(29)30-14-22(28)26-12-18-6-5-7-21(24)9-18/h5-10,15H,12-14H2,1-4H3,(H,26,28)/b20-10+. The number of amides is 1. The number of aromatic nitrogens is 1. The van der Waals surface area contributed by atoms with E-state index in [9.17, 15) is 14.9 Å². The van der Waals surface area contributed by atoms with Gasteiger partial charge >= 0.3 is 5.97 Å². The van der Waals surface area contributed by atoms with Crippen LogP contribution in [-0.2, 0) is 27.4 Å². The minimum atomic E-state index is -0.830. The van der Waals surface area contributed by atoms with Crippen LogP contribution in [0.2, 0.25) is 5.02 Å². The third-order valence-corrected chi connectivity index (χ3v) is 4.75. The van der Waals surface area contributed by atoms with E-state index in [4.69, 9.17) is 16.3 Å². The minimum Gasteiger partial charge on any atom is -0.451 e. The van der Waals surface area contributed by atoms with Gasteiger partial charge in [-0.1, -0.05) is 37.6 Å². The molecular weight excluding hydrogens is 402 g/mol. The molecule has 0 bridgehead atoms. The molecule has 1 aromatic heterocycles. The Morgan fingerprint density at radius 1 is 1.30 bits per heavy atom. The summed E-state index contributed by atoms with van der Waals surface area (Å²) >= 11 is 5.91. The van der Waals surface area contributed by atoms with Gasteiger partial charge in [0.15, 0.2) is 6.61 Å². The van der Waals surface area contributed by atoms with Crippen LogP contribution >= 0.6 is 11.6 Å². The van der Waals surface area contributed by atoms with Gasteiger partial charge in [0.25, 0.3) is 5.91 Å². The van der Waals surface area contributed by atoms with Crippen molar-refractivity contribution in [3.05, 3.63) is 63.4 Å². The summed E-state index contributed by atoms with van der Waals surface area (Å²) < 4.78 is 7.16. The molecule has 0 atom stereocenters. The van der Waals surface area contributed by atoms with Crippen LogP contribution in [0.25, 0.3) is 6.08 Å². The van der Waals surface area contributed by atoms with Crippen molar-refractivity contribution in [2.24, 2.45) is 5.92 Å². The number of hydrogen-bond donors (Lipinski definition) is 1. The second kappa shape index (κ2) is 10.7. The van der Waals surface area contributed by atoms with E-state index in [2.05, 4.69) is 23.7 Å². The van der Waals surface area contributed by atoms with E-state index in [1.54, 1.807) is 18.2 Å². The van der Waals surface area contributed by atoms with Gasteiger partial charge in [-0.15, -0.1) is 0 Å². The molecule has 1 amide bonds. The lowest BCUT2D eigenvalue weighted by atomic mass is 10.1. The Balaban J connectivity index is 1.98. The summed E-state index contributed by atoms with van der Waals surface area (Å²) in [4.78, 5) is 24.2. The quantitative estimate of drug-likeness (QED) is 0.389. The zero-order valence-electron chi connectivity index (χ0n) is 17.7. The fourth-order valence-electron chi connectivity index (χ4n) is 3.02. The van der Waals surface area contributed by atoms with Crippen molar-refractivity contribution in [3.63, 3.8) is 0 Å². The highest BCUT2D eigenvalue weighted by Gasteiger charge is 2.16. The van der Waals surface area contributed by atoms with Gasteiger partial charge in [-0.05, 0) is 55.2 Å². The molecule has 0 saturated heterocycles. The first-order valence-corrected chi connectivity index (χ1v) is 10.1. The molecule has 1 heterocycles. The molecule has 0 aliphatic rings. The van der Waals surface area contributed by atoms with Crippen LogP contribution in [0.1, 0.15) is 36.4 Å². The molecule has 6 nitrogen and oxygen atoms in total. The lowest BCUT2D eigenvalue weighted by Gasteiger charge is -2.12. The summed E-state index contributed by atoms with van der Waals surface area (Å²) in [5.74, 6) is -0.822. The van der Waals surface area contributed by atoms with E-state index in [0.29, 0.717) is 10.9 Å². The molecule has 0 saturated carbocycles. The largest absolute Gasteiger partial charge is 0.451 e. The van der Waals surface area contributed by atoms with Crippen molar-refractivity contribution in [1.82, 2.24) is 9.88 Å². The van der Waals surface area contributed by atoms with Gasteiger partial charge in [0.2, 0.25) is 0 Å². The van der Waals surface area contributed by atoms with Crippen LogP contribution in [-0.4, -0.2) is 23.1 Å². The Morgan fingerprint density at radius 2 is 2.03 bits per heavy atom. The summed E-state index contributed by atoms with van der Waals surface area (Å²) in [5.41, 5.74) is 3.49. The van der Waals surface area contributed by atoms with Crippen molar-refractivity contribution in [2.75, 3.05) is 6.61 Å². The predicted molar refractivity (Wildman–Crippen MR) is 117 cm³/mol. The molecule has 158 valence electrons. The summed E-state index contributed by atoms with van der Waals surface area (Å²) in [7, 11) is 0. The maximum absolute atomic E-state index is 12.3. The van der Waals surface area contributed by atoms with Gasteiger partial charge < -0.3 is 14.6 Å². The van der Waals surface area contributed by atoms with Crippen molar-refractivity contribution < 1.29 is 14.3 Å². The Bertz CT molecular complexity index is 1000. The van der Waals surface area contributed by atoms with Gasteiger partial charge in [-0.25, -0.2) is 4.79 Å². The van der Waals surface area contributed by atoms with E-state index < -0.39 is 18.5 Å². The smallest absolute Gasteiger partial charge is 0.349 e. The fraction of sp³-hybridized carbons (Fsp3) is 0.348. The highest BCUT2D eigenvalue weighted by Crippen LogP contribution is 2.20. The van der Waals surface area contributed by atoms with Crippen LogP contribution in [0.3, 0.4) is 0 Å².